The summed E-state index contributed by atoms with van der Waals surface area (Å²) in [5.74, 6) is 0.770. The summed E-state index contributed by atoms with van der Waals surface area (Å²) >= 11 is 6.39. The highest BCUT2D eigenvalue weighted by molar-refractivity contribution is 6.31. The van der Waals surface area contributed by atoms with Crippen LogP contribution in [0.5, 0.6) is 0 Å². The van der Waals surface area contributed by atoms with Crippen molar-refractivity contribution in [1.29, 1.82) is 0 Å². The number of nitrogens with zero attached hydrogens (tertiary/aromatic N) is 1. The third-order valence-corrected chi connectivity index (χ3v) is 4.80. The lowest BCUT2D eigenvalue weighted by molar-refractivity contribution is 0.0408. The monoisotopic (exact) mass is 330 g/mol. The first-order chi connectivity index (χ1) is 9.84. The number of ether oxygens (including phenoxy) is 1. The summed E-state index contributed by atoms with van der Waals surface area (Å²) in [5.41, 5.74) is 1.26. The van der Waals surface area contributed by atoms with Crippen molar-refractivity contribution in [2.45, 2.75) is 18.9 Å². The van der Waals surface area contributed by atoms with E-state index in [1.54, 1.807) is 0 Å². The summed E-state index contributed by atoms with van der Waals surface area (Å²) in [6, 6.07) is 8.66. The van der Waals surface area contributed by atoms with E-state index in [1.807, 2.05) is 12.1 Å². The molecule has 1 atom stereocenters. The Labute approximate surface area is 138 Å². The molecule has 21 heavy (non-hydrogen) atoms. The second-order valence-electron chi connectivity index (χ2n) is 5.79. The van der Waals surface area contributed by atoms with Crippen molar-refractivity contribution >= 4 is 24.0 Å². The quantitative estimate of drug-likeness (QED) is 0.921. The van der Waals surface area contributed by atoms with Gasteiger partial charge in [0.15, 0.2) is 0 Å². The largest absolute Gasteiger partial charge is 0.381 e. The second kappa shape index (κ2) is 8.35. The van der Waals surface area contributed by atoms with Crippen LogP contribution in [-0.2, 0) is 4.74 Å². The first-order valence-electron chi connectivity index (χ1n) is 7.61. The molecule has 2 aliphatic rings. The fraction of sp³-hybridized carbons (Fsp3) is 0.625. The van der Waals surface area contributed by atoms with Crippen LogP contribution in [0.25, 0.3) is 0 Å². The third-order valence-electron chi connectivity index (χ3n) is 4.45. The molecule has 1 N–H and O–H groups in total. The van der Waals surface area contributed by atoms with E-state index in [0.717, 1.165) is 43.8 Å². The summed E-state index contributed by atoms with van der Waals surface area (Å²) < 4.78 is 5.47. The van der Waals surface area contributed by atoms with Gasteiger partial charge in [0.25, 0.3) is 0 Å². The first kappa shape index (κ1) is 17.0. The molecule has 0 bridgehead atoms. The van der Waals surface area contributed by atoms with Crippen molar-refractivity contribution < 1.29 is 4.74 Å². The fourth-order valence-corrected chi connectivity index (χ4v) is 3.54. The van der Waals surface area contributed by atoms with E-state index in [1.165, 1.54) is 24.9 Å². The molecule has 1 unspecified atom stereocenters. The Bertz CT molecular complexity index is 438. The molecule has 3 nitrogen and oxygen atoms in total. The van der Waals surface area contributed by atoms with E-state index in [0.29, 0.717) is 6.04 Å². The lowest BCUT2D eigenvalue weighted by Gasteiger charge is -2.39. The summed E-state index contributed by atoms with van der Waals surface area (Å²) in [4.78, 5) is 2.60. The number of rotatable bonds is 3. The van der Waals surface area contributed by atoms with Gasteiger partial charge in [-0.2, -0.15) is 0 Å². The summed E-state index contributed by atoms with van der Waals surface area (Å²) in [6.45, 7) is 6.19. The summed E-state index contributed by atoms with van der Waals surface area (Å²) in [5, 5.41) is 4.39. The Morgan fingerprint density at radius 2 is 2.00 bits per heavy atom. The molecular weight excluding hydrogens is 307 g/mol. The SMILES string of the molecule is Cl.Clc1ccccc1C1CNCCN1CC1CCOCC1. The van der Waals surface area contributed by atoms with Gasteiger partial charge in [-0.1, -0.05) is 29.8 Å². The minimum atomic E-state index is 0. The molecule has 118 valence electrons. The zero-order valence-corrected chi connectivity index (χ0v) is 13.8. The number of hydrogen-bond donors (Lipinski definition) is 1. The summed E-state index contributed by atoms with van der Waals surface area (Å²) in [7, 11) is 0. The number of hydrogen-bond acceptors (Lipinski definition) is 3. The summed E-state index contributed by atoms with van der Waals surface area (Å²) in [6.07, 6.45) is 2.39. The highest BCUT2D eigenvalue weighted by Crippen LogP contribution is 2.30. The van der Waals surface area contributed by atoms with Gasteiger partial charge >= 0.3 is 0 Å². The van der Waals surface area contributed by atoms with Gasteiger partial charge in [0, 0.05) is 50.5 Å². The molecule has 2 heterocycles. The Balaban J connectivity index is 0.00000161. The molecule has 0 spiro atoms. The average Bonchev–Trinajstić information content (AvgIpc) is 2.50. The van der Waals surface area contributed by atoms with Gasteiger partial charge in [-0.15, -0.1) is 12.4 Å². The number of benzene rings is 1. The lowest BCUT2D eigenvalue weighted by atomic mass is 9.96. The lowest BCUT2D eigenvalue weighted by Crippen LogP contribution is -2.48. The maximum Gasteiger partial charge on any atom is 0.0488 e. The molecule has 0 amide bonds. The van der Waals surface area contributed by atoms with Gasteiger partial charge in [-0.05, 0) is 30.4 Å². The minimum absolute atomic E-state index is 0. The zero-order valence-electron chi connectivity index (χ0n) is 12.3. The topological polar surface area (TPSA) is 24.5 Å². The van der Waals surface area contributed by atoms with Crippen molar-refractivity contribution in [3.8, 4) is 0 Å². The molecule has 2 saturated heterocycles. The van der Waals surface area contributed by atoms with Crippen LogP contribution in [-0.4, -0.2) is 44.3 Å². The number of piperazine rings is 1. The first-order valence-corrected chi connectivity index (χ1v) is 7.99. The van der Waals surface area contributed by atoms with Crippen LogP contribution >= 0.6 is 24.0 Å². The third kappa shape index (κ3) is 4.33. The Morgan fingerprint density at radius 3 is 2.76 bits per heavy atom. The molecule has 0 saturated carbocycles. The Kier molecular flexibility index (Phi) is 6.77. The molecule has 0 aromatic heterocycles. The Hall–Kier alpha value is -0.320. The average molecular weight is 331 g/mol. The van der Waals surface area contributed by atoms with Crippen molar-refractivity contribution in [2.75, 3.05) is 39.4 Å². The molecule has 2 aliphatic heterocycles. The van der Waals surface area contributed by atoms with E-state index >= 15 is 0 Å². The van der Waals surface area contributed by atoms with Crippen LogP contribution < -0.4 is 5.32 Å². The van der Waals surface area contributed by atoms with Crippen molar-refractivity contribution in [3.05, 3.63) is 34.9 Å². The Morgan fingerprint density at radius 1 is 1.24 bits per heavy atom. The van der Waals surface area contributed by atoms with Gasteiger partial charge in [0.05, 0.1) is 0 Å². The van der Waals surface area contributed by atoms with E-state index in [-0.39, 0.29) is 12.4 Å². The number of nitrogens with one attached hydrogen (secondary N) is 1. The molecule has 3 rings (SSSR count). The molecule has 2 fully saturated rings. The predicted molar refractivity (Wildman–Crippen MR) is 89.4 cm³/mol. The molecule has 0 aliphatic carbocycles. The molecule has 1 aromatic carbocycles. The van der Waals surface area contributed by atoms with Crippen LogP contribution in [0.2, 0.25) is 5.02 Å². The smallest absolute Gasteiger partial charge is 0.0488 e. The van der Waals surface area contributed by atoms with Gasteiger partial charge in [0.2, 0.25) is 0 Å². The normalized spacial score (nSPS) is 24.5. The highest BCUT2D eigenvalue weighted by Gasteiger charge is 2.27. The van der Waals surface area contributed by atoms with Crippen molar-refractivity contribution in [3.63, 3.8) is 0 Å². The van der Waals surface area contributed by atoms with Gasteiger partial charge in [-0.25, -0.2) is 0 Å². The van der Waals surface area contributed by atoms with Crippen LogP contribution in [0.4, 0.5) is 0 Å². The van der Waals surface area contributed by atoms with Crippen LogP contribution in [0.15, 0.2) is 24.3 Å². The maximum atomic E-state index is 6.39. The molecule has 5 heteroatoms. The molecule has 1 aromatic rings. The van der Waals surface area contributed by atoms with Crippen LogP contribution in [0, 0.1) is 5.92 Å². The number of halogens is 2. The standard InChI is InChI=1S/C16H23ClN2O.ClH/c17-15-4-2-1-3-14(15)16-11-18-7-8-19(16)12-13-5-9-20-10-6-13;/h1-4,13,16,18H,5-12H2;1H. The minimum Gasteiger partial charge on any atom is -0.381 e. The van der Waals surface area contributed by atoms with Gasteiger partial charge in [-0.3, -0.25) is 4.90 Å². The van der Waals surface area contributed by atoms with Crippen LogP contribution in [0.1, 0.15) is 24.4 Å². The van der Waals surface area contributed by atoms with E-state index in [2.05, 4.69) is 22.3 Å². The maximum absolute atomic E-state index is 6.39. The van der Waals surface area contributed by atoms with Crippen LogP contribution in [0.3, 0.4) is 0 Å². The predicted octanol–water partition coefficient (Wildman–Crippen LogP) is 3.13. The fourth-order valence-electron chi connectivity index (χ4n) is 3.28. The van der Waals surface area contributed by atoms with Crippen molar-refractivity contribution in [2.24, 2.45) is 5.92 Å². The van der Waals surface area contributed by atoms with E-state index < -0.39 is 0 Å². The zero-order chi connectivity index (χ0) is 13.8. The van der Waals surface area contributed by atoms with E-state index in [9.17, 15) is 0 Å². The van der Waals surface area contributed by atoms with Gasteiger partial charge in [0.1, 0.15) is 0 Å². The van der Waals surface area contributed by atoms with E-state index in [4.69, 9.17) is 16.3 Å². The molecule has 0 radical (unpaired) electrons. The molecular formula is C16H24Cl2N2O. The second-order valence-corrected chi connectivity index (χ2v) is 6.20. The highest BCUT2D eigenvalue weighted by atomic mass is 35.5. The van der Waals surface area contributed by atoms with Gasteiger partial charge < -0.3 is 10.1 Å². The van der Waals surface area contributed by atoms with Crippen molar-refractivity contribution in [1.82, 2.24) is 10.2 Å².